The standard InChI is InChI=1S/C20H24N6O/c1-14-7-8-24(2)18(14)20(27)26-11-9-25(10-12-26)13-17-22-16-6-4-3-5-15(16)19(21)23-17/h3-8H,9-13H2,1-2H3,(H2,21,22,23). The van der Waals surface area contributed by atoms with Crippen LogP contribution in [-0.4, -0.2) is 56.4 Å². The van der Waals surface area contributed by atoms with Gasteiger partial charge in [0.2, 0.25) is 0 Å². The first-order valence-corrected chi connectivity index (χ1v) is 9.17. The fraction of sp³-hybridized carbons (Fsp3) is 0.350. The van der Waals surface area contributed by atoms with Crippen molar-refractivity contribution in [3.63, 3.8) is 0 Å². The second-order valence-electron chi connectivity index (χ2n) is 7.07. The molecule has 1 aliphatic rings. The van der Waals surface area contributed by atoms with Gasteiger partial charge in [0.15, 0.2) is 0 Å². The lowest BCUT2D eigenvalue weighted by molar-refractivity contribution is 0.0615. The summed E-state index contributed by atoms with van der Waals surface area (Å²) in [4.78, 5) is 26.1. The van der Waals surface area contributed by atoms with Gasteiger partial charge < -0.3 is 15.2 Å². The Morgan fingerprint density at radius 2 is 1.85 bits per heavy atom. The van der Waals surface area contributed by atoms with E-state index in [1.54, 1.807) is 0 Å². The van der Waals surface area contributed by atoms with Gasteiger partial charge >= 0.3 is 0 Å². The Kier molecular flexibility index (Phi) is 4.53. The number of hydrogen-bond donors (Lipinski definition) is 1. The van der Waals surface area contributed by atoms with Crippen LogP contribution in [0.25, 0.3) is 10.9 Å². The lowest BCUT2D eigenvalue weighted by Gasteiger charge is -2.34. The number of rotatable bonds is 3. The first-order chi connectivity index (χ1) is 13.0. The molecule has 0 unspecified atom stereocenters. The molecule has 0 saturated carbocycles. The molecule has 140 valence electrons. The quantitative estimate of drug-likeness (QED) is 0.767. The minimum Gasteiger partial charge on any atom is -0.383 e. The van der Waals surface area contributed by atoms with Gasteiger partial charge in [-0.2, -0.15) is 0 Å². The molecule has 1 amide bonds. The van der Waals surface area contributed by atoms with Crippen molar-refractivity contribution in [3.05, 3.63) is 53.6 Å². The normalized spacial score (nSPS) is 15.4. The molecule has 2 N–H and O–H groups in total. The Bertz CT molecular complexity index is 968. The molecule has 0 spiro atoms. The van der Waals surface area contributed by atoms with Gasteiger partial charge in [-0.05, 0) is 30.7 Å². The summed E-state index contributed by atoms with van der Waals surface area (Å²) in [5.74, 6) is 1.35. The number of nitrogens with zero attached hydrogens (tertiary/aromatic N) is 5. The van der Waals surface area contributed by atoms with Crippen molar-refractivity contribution in [2.24, 2.45) is 7.05 Å². The van der Waals surface area contributed by atoms with Gasteiger partial charge in [-0.1, -0.05) is 12.1 Å². The number of aryl methyl sites for hydroxylation is 2. The number of para-hydroxylation sites is 1. The number of hydrogen-bond acceptors (Lipinski definition) is 5. The average molecular weight is 364 g/mol. The number of amides is 1. The van der Waals surface area contributed by atoms with E-state index in [0.717, 1.165) is 41.1 Å². The number of benzene rings is 1. The highest BCUT2D eigenvalue weighted by Crippen LogP contribution is 2.18. The highest BCUT2D eigenvalue weighted by Gasteiger charge is 2.25. The van der Waals surface area contributed by atoms with Crippen LogP contribution in [0, 0.1) is 6.92 Å². The minimum absolute atomic E-state index is 0.103. The van der Waals surface area contributed by atoms with Gasteiger partial charge in [-0.25, -0.2) is 9.97 Å². The van der Waals surface area contributed by atoms with E-state index in [-0.39, 0.29) is 5.91 Å². The predicted octanol–water partition coefficient (Wildman–Crippen LogP) is 1.82. The molecule has 0 bridgehead atoms. The topological polar surface area (TPSA) is 80.3 Å². The summed E-state index contributed by atoms with van der Waals surface area (Å²) < 4.78 is 1.90. The maximum atomic E-state index is 12.8. The first-order valence-electron chi connectivity index (χ1n) is 9.17. The van der Waals surface area contributed by atoms with Crippen LogP contribution in [0.2, 0.25) is 0 Å². The van der Waals surface area contributed by atoms with Gasteiger partial charge in [0.05, 0.1) is 12.1 Å². The summed E-state index contributed by atoms with van der Waals surface area (Å²) in [5.41, 5.74) is 8.74. The second-order valence-corrected chi connectivity index (χ2v) is 7.07. The van der Waals surface area contributed by atoms with Crippen molar-refractivity contribution in [2.75, 3.05) is 31.9 Å². The second kappa shape index (κ2) is 7.00. The van der Waals surface area contributed by atoms with Crippen LogP contribution in [0.5, 0.6) is 0 Å². The highest BCUT2D eigenvalue weighted by molar-refractivity contribution is 5.94. The lowest BCUT2D eigenvalue weighted by atomic mass is 10.2. The molecule has 2 aromatic heterocycles. The zero-order chi connectivity index (χ0) is 19.0. The van der Waals surface area contributed by atoms with Crippen LogP contribution in [0.4, 0.5) is 5.82 Å². The average Bonchev–Trinajstić information content (AvgIpc) is 3.00. The highest BCUT2D eigenvalue weighted by atomic mass is 16.2. The number of nitrogen functional groups attached to an aromatic ring is 1. The third-order valence-corrected chi connectivity index (χ3v) is 5.18. The molecule has 0 atom stereocenters. The van der Waals surface area contributed by atoms with Crippen LogP contribution in [0.1, 0.15) is 21.9 Å². The molecule has 1 aromatic carbocycles. The molecule has 0 radical (unpaired) electrons. The third-order valence-electron chi connectivity index (χ3n) is 5.18. The van der Waals surface area contributed by atoms with Crippen molar-refractivity contribution < 1.29 is 4.79 Å². The number of aromatic nitrogens is 3. The first kappa shape index (κ1) is 17.5. The molecule has 1 aliphatic heterocycles. The molecule has 27 heavy (non-hydrogen) atoms. The van der Waals surface area contributed by atoms with E-state index in [0.29, 0.717) is 25.5 Å². The number of piperazine rings is 1. The molecular weight excluding hydrogens is 340 g/mol. The van der Waals surface area contributed by atoms with Crippen molar-refractivity contribution >= 4 is 22.6 Å². The lowest BCUT2D eigenvalue weighted by Crippen LogP contribution is -2.48. The molecule has 7 heteroatoms. The van der Waals surface area contributed by atoms with E-state index in [9.17, 15) is 4.79 Å². The Balaban J connectivity index is 1.42. The van der Waals surface area contributed by atoms with Crippen LogP contribution in [0.3, 0.4) is 0 Å². The third kappa shape index (κ3) is 3.38. The molecule has 4 rings (SSSR count). The number of fused-ring (bicyclic) bond motifs is 1. The summed E-state index contributed by atoms with van der Waals surface area (Å²) in [6.45, 7) is 5.61. The molecular formula is C20H24N6O. The van der Waals surface area contributed by atoms with Crippen LogP contribution in [-0.2, 0) is 13.6 Å². The van der Waals surface area contributed by atoms with E-state index in [1.807, 2.05) is 60.0 Å². The molecule has 1 saturated heterocycles. The van der Waals surface area contributed by atoms with Crippen LogP contribution >= 0.6 is 0 Å². The van der Waals surface area contributed by atoms with Crippen LogP contribution < -0.4 is 5.73 Å². The molecule has 7 nitrogen and oxygen atoms in total. The molecule has 3 aromatic rings. The fourth-order valence-corrected chi connectivity index (χ4v) is 3.66. The minimum atomic E-state index is 0.103. The van der Waals surface area contributed by atoms with Crippen molar-refractivity contribution in [2.45, 2.75) is 13.5 Å². The largest absolute Gasteiger partial charge is 0.383 e. The number of nitrogens with two attached hydrogens (primary N) is 1. The fourth-order valence-electron chi connectivity index (χ4n) is 3.66. The van der Waals surface area contributed by atoms with Gasteiger partial charge in [0, 0.05) is 44.8 Å². The summed E-state index contributed by atoms with van der Waals surface area (Å²) in [7, 11) is 1.91. The van der Waals surface area contributed by atoms with Crippen molar-refractivity contribution in [1.82, 2.24) is 24.3 Å². The zero-order valence-electron chi connectivity index (χ0n) is 15.7. The Labute approximate surface area is 158 Å². The van der Waals surface area contributed by atoms with Crippen molar-refractivity contribution in [3.8, 4) is 0 Å². The summed E-state index contributed by atoms with van der Waals surface area (Å²) in [5, 5.41) is 0.884. The maximum absolute atomic E-state index is 12.8. The molecule has 3 heterocycles. The van der Waals surface area contributed by atoms with Crippen molar-refractivity contribution in [1.29, 1.82) is 0 Å². The Morgan fingerprint density at radius 1 is 1.11 bits per heavy atom. The Morgan fingerprint density at radius 3 is 2.56 bits per heavy atom. The smallest absolute Gasteiger partial charge is 0.270 e. The zero-order valence-corrected chi connectivity index (χ0v) is 15.7. The van der Waals surface area contributed by atoms with Gasteiger partial charge in [0.1, 0.15) is 17.3 Å². The van der Waals surface area contributed by atoms with Gasteiger partial charge in [-0.15, -0.1) is 0 Å². The van der Waals surface area contributed by atoms with E-state index in [2.05, 4.69) is 14.9 Å². The summed E-state index contributed by atoms with van der Waals surface area (Å²) in [6.07, 6.45) is 1.93. The molecule has 1 fully saturated rings. The van der Waals surface area contributed by atoms with E-state index in [1.165, 1.54) is 0 Å². The van der Waals surface area contributed by atoms with E-state index in [4.69, 9.17) is 5.73 Å². The maximum Gasteiger partial charge on any atom is 0.270 e. The van der Waals surface area contributed by atoms with E-state index < -0.39 is 0 Å². The SMILES string of the molecule is Cc1ccn(C)c1C(=O)N1CCN(Cc2nc(N)c3ccccc3n2)CC1. The monoisotopic (exact) mass is 364 g/mol. The Hall–Kier alpha value is -2.93. The molecule has 0 aliphatic carbocycles. The number of carbonyl (C=O) groups is 1. The number of anilines is 1. The van der Waals surface area contributed by atoms with E-state index >= 15 is 0 Å². The van der Waals surface area contributed by atoms with Gasteiger partial charge in [-0.3, -0.25) is 9.69 Å². The summed E-state index contributed by atoms with van der Waals surface area (Å²) >= 11 is 0. The van der Waals surface area contributed by atoms with Crippen LogP contribution in [0.15, 0.2) is 36.5 Å². The van der Waals surface area contributed by atoms with Gasteiger partial charge in [0.25, 0.3) is 5.91 Å². The predicted molar refractivity (Wildman–Crippen MR) is 105 cm³/mol. The number of carbonyl (C=O) groups excluding carboxylic acids is 1. The summed E-state index contributed by atoms with van der Waals surface area (Å²) in [6, 6.07) is 9.76.